The number of hydrogen-bond acceptors (Lipinski definition) is 7. The average Bonchev–Trinajstić information content (AvgIpc) is 3.23. The molecule has 7 nitrogen and oxygen atoms in total. The molecule has 0 unspecified atom stereocenters. The van der Waals surface area contributed by atoms with E-state index in [0.717, 1.165) is 69.1 Å². The molecule has 0 bridgehead atoms. The Balaban J connectivity index is 1.19. The largest absolute Gasteiger partial charge is 0.454 e. The minimum atomic E-state index is 0.327. The third-order valence-corrected chi connectivity index (χ3v) is 5.81. The van der Waals surface area contributed by atoms with Crippen molar-refractivity contribution in [3.63, 3.8) is 0 Å². The molecule has 1 aromatic heterocycles. The standard InChI is InChI=1S/C21H27N5O2/c1-2-8-25(9-3-1)20-6-7-22-21(23-20)26-12-10-24(11-13-26)15-17-4-5-18-19(14-17)28-16-27-18/h4-7,14H,1-3,8-13,15-16H2. The fourth-order valence-electron chi connectivity index (χ4n) is 4.19. The number of benzene rings is 1. The molecular formula is C21H27N5O2. The number of aromatic nitrogens is 2. The van der Waals surface area contributed by atoms with Crippen LogP contribution >= 0.6 is 0 Å². The van der Waals surface area contributed by atoms with Crippen molar-refractivity contribution < 1.29 is 9.47 Å². The van der Waals surface area contributed by atoms with Gasteiger partial charge in [-0.3, -0.25) is 4.90 Å². The molecule has 3 aliphatic rings. The lowest BCUT2D eigenvalue weighted by Crippen LogP contribution is -2.46. The smallest absolute Gasteiger partial charge is 0.231 e. The van der Waals surface area contributed by atoms with E-state index in [4.69, 9.17) is 14.5 Å². The number of piperidine rings is 1. The molecule has 5 rings (SSSR count). The van der Waals surface area contributed by atoms with Gasteiger partial charge in [-0.1, -0.05) is 6.07 Å². The SMILES string of the molecule is c1cc(N2CCCCC2)nc(N2CCN(Cc3ccc4c(c3)OCO4)CC2)n1. The molecule has 0 atom stereocenters. The Morgan fingerprint density at radius 3 is 2.50 bits per heavy atom. The number of anilines is 2. The summed E-state index contributed by atoms with van der Waals surface area (Å²) >= 11 is 0. The van der Waals surface area contributed by atoms with E-state index in [2.05, 4.69) is 31.8 Å². The number of fused-ring (bicyclic) bond motifs is 1. The highest BCUT2D eigenvalue weighted by molar-refractivity contribution is 5.45. The lowest BCUT2D eigenvalue weighted by atomic mass is 10.1. The second kappa shape index (κ2) is 7.83. The van der Waals surface area contributed by atoms with E-state index < -0.39 is 0 Å². The third kappa shape index (κ3) is 3.71. The summed E-state index contributed by atoms with van der Waals surface area (Å²) in [5.74, 6) is 3.65. The molecule has 4 heterocycles. The van der Waals surface area contributed by atoms with Crippen LogP contribution in [0.3, 0.4) is 0 Å². The van der Waals surface area contributed by atoms with Crippen LogP contribution < -0.4 is 19.3 Å². The Morgan fingerprint density at radius 2 is 1.64 bits per heavy atom. The molecule has 0 spiro atoms. The van der Waals surface area contributed by atoms with Crippen LogP contribution in [-0.2, 0) is 6.54 Å². The van der Waals surface area contributed by atoms with Crippen LogP contribution in [0.5, 0.6) is 11.5 Å². The van der Waals surface area contributed by atoms with Crippen LogP contribution in [0.2, 0.25) is 0 Å². The maximum absolute atomic E-state index is 5.49. The molecule has 0 saturated carbocycles. The van der Waals surface area contributed by atoms with Gasteiger partial charge < -0.3 is 19.3 Å². The predicted octanol–water partition coefficient (Wildman–Crippen LogP) is 2.52. The molecule has 7 heteroatoms. The molecular weight excluding hydrogens is 354 g/mol. The topological polar surface area (TPSA) is 54.0 Å². The number of rotatable bonds is 4. The first-order valence-corrected chi connectivity index (χ1v) is 10.3. The van der Waals surface area contributed by atoms with Crippen LogP contribution in [0, 0.1) is 0 Å². The second-order valence-electron chi connectivity index (χ2n) is 7.71. The van der Waals surface area contributed by atoms with E-state index >= 15 is 0 Å². The van der Waals surface area contributed by atoms with Crippen LogP contribution in [-0.4, -0.2) is 60.9 Å². The molecule has 2 saturated heterocycles. The first-order chi connectivity index (χ1) is 13.8. The van der Waals surface area contributed by atoms with E-state index in [-0.39, 0.29) is 0 Å². The van der Waals surface area contributed by atoms with E-state index in [9.17, 15) is 0 Å². The minimum absolute atomic E-state index is 0.327. The van der Waals surface area contributed by atoms with Crippen molar-refractivity contribution >= 4 is 11.8 Å². The van der Waals surface area contributed by atoms with Crippen LogP contribution in [0.25, 0.3) is 0 Å². The van der Waals surface area contributed by atoms with E-state index in [0.29, 0.717) is 6.79 Å². The molecule has 148 valence electrons. The third-order valence-electron chi connectivity index (χ3n) is 5.81. The van der Waals surface area contributed by atoms with Crippen molar-refractivity contribution in [2.24, 2.45) is 0 Å². The molecule has 28 heavy (non-hydrogen) atoms. The number of ether oxygens (including phenoxy) is 2. The normalized spacial score (nSPS) is 19.9. The van der Waals surface area contributed by atoms with Gasteiger partial charge in [-0.15, -0.1) is 0 Å². The van der Waals surface area contributed by atoms with Crippen LogP contribution in [0.4, 0.5) is 11.8 Å². The van der Waals surface area contributed by atoms with Gasteiger partial charge in [-0.05, 0) is 43.0 Å². The zero-order chi connectivity index (χ0) is 18.8. The van der Waals surface area contributed by atoms with Crippen LogP contribution in [0.1, 0.15) is 24.8 Å². The number of hydrogen-bond donors (Lipinski definition) is 0. The zero-order valence-corrected chi connectivity index (χ0v) is 16.2. The fourth-order valence-corrected chi connectivity index (χ4v) is 4.19. The molecule has 0 aliphatic carbocycles. The van der Waals surface area contributed by atoms with Crippen LogP contribution in [0.15, 0.2) is 30.5 Å². The summed E-state index contributed by atoms with van der Waals surface area (Å²) in [6.45, 7) is 7.39. The highest BCUT2D eigenvalue weighted by atomic mass is 16.7. The lowest BCUT2D eigenvalue weighted by Gasteiger charge is -2.35. The quantitative estimate of drug-likeness (QED) is 0.807. The van der Waals surface area contributed by atoms with Gasteiger partial charge in [-0.2, -0.15) is 4.98 Å². The van der Waals surface area contributed by atoms with Gasteiger partial charge in [0, 0.05) is 52.0 Å². The molecule has 0 radical (unpaired) electrons. The summed E-state index contributed by atoms with van der Waals surface area (Å²) in [5, 5.41) is 0. The highest BCUT2D eigenvalue weighted by Gasteiger charge is 2.21. The van der Waals surface area contributed by atoms with E-state index in [1.807, 2.05) is 18.3 Å². The van der Waals surface area contributed by atoms with Gasteiger partial charge in [0.05, 0.1) is 0 Å². The van der Waals surface area contributed by atoms with Crippen molar-refractivity contribution in [3.8, 4) is 11.5 Å². The Bertz CT molecular complexity index is 816. The minimum Gasteiger partial charge on any atom is -0.454 e. The van der Waals surface area contributed by atoms with E-state index in [1.165, 1.54) is 24.8 Å². The monoisotopic (exact) mass is 381 g/mol. The Hall–Kier alpha value is -2.54. The van der Waals surface area contributed by atoms with Gasteiger partial charge in [0.15, 0.2) is 11.5 Å². The number of piperazine rings is 1. The van der Waals surface area contributed by atoms with Crippen molar-refractivity contribution in [1.29, 1.82) is 0 Å². The maximum atomic E-state index is 5.49. The van der Waals surface area contributed by atoms with Gasteiger partial charge in [0.1, 0.15) is 5.82 Å². The van der Waals surface area contributed by atoms with E-state index in [1.54, 1.807) is 0 Å². The molecule has 0 amide bonds. The Morgan fingerprint density at radius 1 is 0.821 bits per heavy atom. The maximum Gasteiger partial charge on any atom is 0.231 e. The summed E-state index contributed by atoms with van der Waals surface area (Å²) in [5.41, 5.74) is 1.26. The predicted molar refractivity (Wildman–Crippen MR) is 108 cm³/mol. The lowest BCUT2D eigenvalue weighted by molar-refractivity contribution is 0.174. The van der Waals surface area contributed by atoms with Gasteiger partial charge >= 0.3 is 0 Å². The first kappa shape index (κ1) is 17.6. The summed E-state index contributed by atoms with van der Waals surface area (Å²) in [6, 6.07) is 8.28. The van der Waals surface area contributed by atoms with Crippen molar-refractivity contribution in [2.45, 2.75) is 25.8 Å². The van der Waals surface area contributed by atoms with Crippen molar-refractivity contribution in [3.05, 3.63) is 36.0 Å². The first-order valence-electron chi connectivity index (χ1n) is 10.3. The summed E-state index contributed by atoms with van der Waals surface area (Å²) < 4.78 is 10.9. The molecule has 2 fully saturated rings. The fraction of sp³-hybridized carbons (Fsp3) is 0.524. The Kier molecular flexibility index (Phi) is 4.91. The number of nitrogens with zero attached hydrogens (tertiary/aromatic N) is 5. The van der Waals surface area contributed by atoms with Gasteiger partial charge in [0.2, 0.25) is 12.7 Å². The molecule has 3 aliphatic heterocycles. The Labute approximate surface area is 165 Å². The summed E-state index contributed by atoms with van der Waals surface area (Å²) in [7, 11) is 0. The average molecular weight is 381 g/mol. The van der Waals surface area contributed by atoms with Crippen molar-refractivity contribution in [2.75, 3.05) is 55.9 Å². The van der Waals surface area contributed by atoms with Crippen molar-refractivity contribution in [1.82, 2.24) is 14.9 Å². The highest BCUT2D eigenvalue weighted by Crippen LogP contribution is 2.33. The molecule has 2 aromatic rings. The van der Waals surface area contributed by atoms with Gasteiger partial charge in [-0.25, -0.2) is 4.98 Å². The second-order valence-corrected chi connectivity index (χ2v) is 7.71. The summed E-state index contributed by atoms with van der Waals surface area (Å²) in [4.78, 5) is 16.6. The summed E-state index contributed by atoms with van der Waals surface area (Å²) in [6.07, 6.45) is 5.76. The molecule has 1 aromatic carbocycles. The zero-order valence-electron chi connectivity index (χ0n) is 16.2. The van der Waals surface area contributed by atoms with Gasteiger partial charge in [0.25, 0.3) is 0 Å². The molecule has 0 N–H and O–H groups in total.